The standard InChI is InChI=1S/C19H20Cl2N2O2/c1-19(2,3)12-7-9-13(10-8-12)22-16(24)11-17(25)23-18-14(20)5-4-6-15(18)21/h4-10H,11H2,1-3H3,(H,22,24)(H,23,25). The van der Waals surface area contributed by atoms with E-state index in [1.54, 1.807) is 18.2 Å². The van der Waals surface area contributed by atoms with Gasteiger partial charge in [-0.25, -0.2) is 0 Å². The minimum absolute atomic E-state index is 0.0383. The molecule has 0 bridgehead atoms. The van der Waals surface area contributed by atoms with Crippen molar-refractivity contribution in [3.63, 3.8) is 0 Å². The highest BCUT2D eigenvalue weighted by Crippen LogP contribution is 2.30. The average molecular weight is 379 g/mol. The smallest absolute Gasteiger partial charge is 0.233 e. The van der Waals surface area contributed by atoms with E-state index in [0.717, 1.165) is 5.56 Å². The first-order valence-corrected chi connectivity index (χ1v) is 8.56. The quantitative estimate of drug-likeness (QED) is 0.712. The molecule has 4 nitrogen and oxygen atoms in total. The molecule has 2 aromatic carbocycles. The molecule has 0 heterocycles. The van der Waals surface area contributed by atoms with Crippen LogP contribution in [-0.4, -0.2) is 11.8 Å². The number of rotatable bonds is 4. The van der Waals surface area contributed by atoms with E-state index in [2.05, 4.69) is 31.4 Å². The zero-order valence-corrected chi connectivity index (χ0v) is 15.8. The SMILES string of the molecule is CC(C)(C)c1ccc(NC(=O)CC(=O)Nc2c(Cl)cccc2Cl)cc1. The van der Waals surface area contributed by atoms with Crippen molar-refractivity contribution < 1.29 is 9.59 Å². The first-order chi connectivity index (χ1) is 11.7. The van der Waals surface area contributed by atoms with E-state index in [1.165, 1.54) is 0 Å². The molecule has 0 spiro atoms. The van der Waals surface area contributed by atoms with Gasteiger partial charge in [-0.2, -0.15) is 0 Å². The van der Waals surface area contributed by atoms with E-state index >= 15 is 0 Å². The van der Waals surface area contributed by atoms with Crippen LogP contribution in [0.3, 0.4) is 0 Å². The summed E-state index contributed by atoms with van der Waals surface area (Å²) in [6.45, 7) is 6.35. The summed E-state index contributed by atoms with van der Waals surface area (Å²) in [6, 6.07) is 12.5. The van der Waals surface area contributed by atoms with Crippen molar-refractivity contribution >= 4 is 46.4 Å². The van der Waals surface area contributed by atoms with Crippen LogP contribution >= 0.6 is 23.2 Å². The Labute approximate surface area is 157 Å². The molecule has 0 saturated carbocycles. The van der Waals surface area contributed by atoms with Gasteiger partial charge in [0.25, 0.3) is 0 Å². The maximum atomic E-state index is 12.0. The number of hydrogen-bond donors (Lipinski definition) is 2. The number of hydrogen-bond acceptors (Lipinski definition) is 2. The van der Waals surface area contributed by atoms with E-state index in [0.29, 0.717) is 21.4 Å². The molecule has 6 heteroatoms. The highest BCUT2D eigenvalue weighted by Gasteiger charge is 2.15. The van der Waals surface area contributed by atoms with Gasteiger partial charge in [-0.1, -0.05) is 62.2 Å². The molecule has 2 rings (SSSR count). The molecule has 132 valence electrons. The lowest BCUT2D eigenvalue weighted by Crippen LogP contribution is -2.21. The van der Waals surface area contributed by atoms with Crippen molar-refractivity contribution in [2.45, 2.75) is 32.6 Å². The normalized spacial score (nSPS) is 11.1. The second-order valence-corrected chi connectivity index (χ2v) is 7.51. The van der Waals surface area contributed by atoms with Crippen LogP contribution in [0, 0.1) is 0 Å². The molecule has 0 aliphatic heterocycles. The fourth-order valence-electron chi connectivity index (χ4n) is 2.21. The zero-order chi connectivity index (χ0) is 18.6. The van der Waals surface area contributed by atoms with Gasteiger partial charge in [0.2, 0.25) is 11.8 Å². The topological polar surface area (TPSA) is 58.2 Å². The number of benzene rings is 2. The Balaban J connectivity index is 1.95. The summed E-state index contributed by atoms with van der Waals surface area (Å²) >= 11 is 12.0. The third-order valence-corrected chi connectivity index (χ3v) is 4.21. The molecule has 0 aliphatic carbocycles. The van der Waals surface area contributed by atoms with E-state index in [4.69, 9.17) is 23.2 Å². The zero-order valence-electron chi connectivity index (χ0n) is 14.3. The molecule has 2 N–H and O–H groups in total. The molecule has 25 heavy (non-hydrogen) atoms. The second kappa shape index (κ2) is 7.89. The van der Waals surface area contributed by atoms with E-state index in [-0.39, 0.29) is 11.8 Å². The van der Waals surface area contributed by atoms with Gasteiger partial charge < -0.3 is 10.6 Å². The predicted molar refractivity (Wildman–Crippen MR) is 103 cm³/mol. The molecule has 0 atom stereocenters. The summed E-state index contributed by atoms with van der Waals surface area (Å²) in [7, 11) is 0. The maximum Gasteiger partial charge on any atom is 0.233 e. The monoisotopic (exact) mass is 378 g/mol. The van der Waals surface area contributed by atoms with Crippen LogP contribution in [0.15, 0.2) is 42.5 Å². The molecule has 0 radical (unpaired) electrons. The predicted octanol–water partition coefficient (Wildman–Crippen LogP) is 5.26. The third kappa shape index (κ3) is 5.48. The molecular weight excluding hydrogens is 359 g/mol. The maximum absolute atomic E-state index is 12.0. The van der Waals surface area contributed by atoms with E-state index < -0.39 is 11.8 Å². The molecule has 0 saturated heterocycles. The summed E-state index contributed by atoms with van der Waals surface area (Å²) in [5.74, 6) is -0.900. The van der Waals surface area contributed by atoms with Gasteiger partial charge in [0, 0.05) is 5.69 Å². The Bertz CT molecular complexity index is 761. The lowest BCUT2D eigenvalue weighted by Gasteiger charge is -2.19. The van der Waals surface area contributed by atoms with Gasteiger partial charge in [0.1, 0.15) is 6.42 Å². The van der Waals surface area contributed by atoms with Crippen molar-refractivity contribution in [3.05, 3.63) is 58.1 Å². The number of nitrogens with one attached hydrogen (secondary N) is 2. The number of amides is 2. The van der Waals surface area contributed by atoms with Crippen LogP contribution in [-0.2, 0) is 15.0 Å². The van der Waals surface area contributed by atoms with Crippen molar-refractivity contribution in [3.8, 4) is 0 Å². The lowest BCUT2D eigenvalue weighted by molar-refractivity contribution is -0.123. The van der Waals surface area contributed by atoms with Gasteiger partial charge in [-0.3, -0.25) is 9.59 Å². The van der Waals surface area contributed by atoms with Crippen LogP contribution < -0.4 is 10.6 Å². The minimum Gasteiger partial charge on any atom is -0.326 e. The molecule has 2 aromatic rings. The molecule has 2 amide bonds. The Morgan fingerprint density at radius 1 is 0.880 bits per heavy atom. The average Bonchev–Trinajstić information content (AvgIpc) is 2.50. The van der Waals surface area contributed by atoms with Crippen LogP contribution in [0.2, 0.25) is 10.0 Å². The molecule has 0 aromatic heterocycles. The van der Waals surface area contributed by atoms with Crippen LogP contribution in [0.4, 0.5) is 11.4 Å². The first-order valence-electron chi connectivity index (χ1n) is 7.81. The first kappa shape index (κ1) is 19.3. The minimum atomic E-state index is -0.487. The number of carbonyl (C=O) groups is 2. The largest absolute Gasteiger partial charge is 0.326 e. The number of halogens is 2. The van der Waals surface area contributed by atoms with Crippen molar-refractivity contribution in [2.75, 3.05) is 10.6 Å². The fourth-order valence-corrected chi connectivity index (χ4v) is 2.70. The van der Waals surface area contributed by atoms with Crippen LogP contribution in [0.1, 0.15) is 32.8 Å². The Morgan fingerprint density at radius 2 is 1.40 bits per heavy atom. The summed E-state index contributed by atoms with van der Waals surface area (Å²) in [5, 5.41) is 5.90. The number of anilines is 2. The van der Waals surface area contributed by atoms with E-state index in [1.807, 2.05) is 24.3 Å². The molecule has 0 aliphatic rings. The van der Waals surface area contributed by atoms with Gasteiger partial charge in [-0.05, 0) is 35.2 Å². The van der Waals surface area contributed by atoms with Crippen molar-refractivity contribution in [2.24, 2.45) is 0 Å². The Hall–Kier alpha value is -2.04. The number of carbonyl (C=O) groups excluding carboxylic acids is 2. The van der Waals surface area contributed by atoms with Gasteiger partial charge in [-0.15, -0.1) is 0 Å². The molecular formula is C19H20Cl2N2O2. The summed E-state index contributed by atoms with van der Waals surface area (Å²) in [5.41, 5.74) is 2.15. The van der Waals surface area contributed by atoms with Gasteiger partial charge in [0.15, 0.2) is 0 Å². The summed E-state index contributed by atoms with van der Waals surface area (Å²) in [6.07, 6.45) is -0.331. The highest BCUT2D eigenvalue weighted by molar-refractivity contribution is 6.39. The van der Waals surface area contributed by atoms with Crippen molar-refractivity contribution in [1.29, 1.82) is 0 Å². The molecule has 0 unspecified atom stereocenters. The van der Waals surface area contributed by atoms with Gasteiger partial charge in [0.05, 0.1) is 15.7 Å². The summed E-state index contributed by atoms with van der Waals surface area (Å²) in [4.78, 5) is 24.0. The molecule has 0 fully saturated rings. The second-order valence-electron chi connectivity index (χ2n) is 6.70. The van der Waals surface area contributed by atoms with E-state index in [9.17, 15) is 9.59 Å². The fraction of sp³-hybridized carbons (Fsp3) is 0.263. The lowest BCUT2D eigenvalue weighted by atomic mass is 9.87. The Morgan fingerprint density at radius 3 is 1.92 bits per heavy atom. The number of para-hydroxylation sites is 1. The third-order valence-electron chi connectivity index (χ3n) is 3.58. The van der Waals surface area contributed by atoms with Gasteiger partial charge >= 0.3 is 0 Å². The van der Waals surface area contributed by atoms with Crippen molar-refractivity contribution in [1.82, 2.24) is 0 Å². The van der Waals surface area contributed by atoms with Crippen LogP contribution in [0.25, 0.3) is 0 Å². The summed E-state index contributed by atoms with van der Waals surface area (Å²) < 4.78 is 0. The Kier molecular flexibility index (Phi) is 6.09. The van der Waals surface area contributed by atoms with Crippen LogP contribution in [0.5, 0.6) is 0 Å². The highest BCUT2D eigenvalue weighted by atomic mass is 35.5.